The molecular formula is C17H25NO2. The second kappa shape index (κ2) is 7.32. The topological polar surface area (TPSA) is 29.5 Å². The molecule has 0 bridgehead atoms. The van der Waals surface area contributed by atoms with Crippen LogP contribution in [0.5, 0.6) is 5.75 Å². The third kappa shape index (κ3) is 3.53. The summed E-state index contributed by atoms with van der Waals surface area (Å²) < 4.78 is 5.88. The molecule has 0 aromatic heterocycles. The largest absolute Gasteiger partial charge is 0.481 e. The molecule has 0 spiro atoms. The van der Waals surface area contributed by atoms with Crippen LogP contribution in [0.3, 0.4) is 0 Å². The molecule has 1 saturated heterocycles. The molecule has 2 atom stereocenters. The van der Waals surface area contributed by atoms with Crippen molar-refractivity contribution in [2.24, 2.45) is 0 Å². The van der Waals surface area contributed by atoms with Crippen LogP contribution < -0.4 is 4.74 Å². The fourth-order valence-corrected chi connectivity index (χ4v) is 2.87. The quantitative estimate of drug-likeness (QED) is 0.821. The number of carbonyl (C=O) groups excluding carboxylic acids is 1. The van der Waals surface area contributed by atoms with E-state index in [2.05, 4.69) is 6.92 Å². The predicted octanol–water partition coefficient (Wildman–Crippen LogP) is 3.64. The average molecular weight is 275 g/mol. The zero-order valence-corrected chi connectivity index (χ0v) is 12.5. The summed E-state index contributed by atoms with van der Waals surface area (Å²) >= 11 is 0. The molecule has 0 aliphatic carbocycles. The van der Waals surface area contributed by atoms with Crippen molar-refractivity contribution in [1.82, 2.24) is 4.90 Å². The van der Waals surface area contributed by atoms with E-state index >= 15 is 0 Å². The molecule has 1 heterocycles. The van der Waals surface area contributed by atoms with Gasteiger partial charge in [-0.15, -0.1) is 0 Å². The van der Waals surface area contributed by atoms with Crippen molar-refractivity contribution < 1.29 is 9.53 Å². The van der Waals surface area contributed by atoms with Gasteiger partial charge in [-0.25, -0.2) is 0 Å². The van der Waals surface area contributed by atoms with Gasteiger partial charge in [0.15, 0.2) is 6.10 Å². The van der Waals surface area contributed by atoms with Crippen LogP contribution in [-0.2, 0) is 4.79 Å². The number of hydrogen-bond acceptors (Lipinski definition) is 2. The summed E-state index contributed by atoms with van der Waals surface area (Å²) in [6.07, 6.45) is 4.87. The molecule has 1 aliphatic rings. The molecule has 0 saturated carbocycles. The lowest BCUT2D eigenvalue weighted by Gasteiger charge is -2.37. The molecule has 1 aromatic rings. The van der Waals surface area contributed by atoms with E-state index in [1.165, 1.54) is 6.42 Å². The van der Waals surface area contributed by atoms with E-state index in [0.717, 1.165) is 31.6 Å². The highest BCUT2D eigenvalue weighted by Crippen LogP contribution is 2.22. The highest BCUT2D eigenvalue weighted by molar-refractivity contribution is 5.81. The standard InChI is InChI=1S/C17H25NO2/c1-3-14-10-8-9-13-18(14)17(19)16(4-2)20-15-11-6-5-7-12-15/h5-7,11-12,14,16H,3-4,8-10,13H2,1-2H3/t14-,16-/m0/s1. The first-order valence-electron chi connectivity index (χ1n) is 7.78. The van der Waals surface area contributed by atoms with Crippen molar-refractivity contribution in [3.63, 3.8) is 0 Å². The van der Waals surface area contributed by atoms with Gasteiger partial charge >= 0.3 is 0 Å². The second-order valence-electron chi connectivity index (χ2n) is 5.42. The van der Waals surface area contributed by atoms with Crippen LogP contribution in [-0.4, -0.2) is 29.5 Å². The number of ether oxygens (including phenoxy) is 1. The van der Waals surface area contributed by atoms with Crippen LogP contribution in [0, 0.1) is 0 Å². The first-order valence-corrected chi connectivity index (χ1v) is 7.78. The molecule has 1 fully saturated rings. The van der Waals surface area contributed by atoms with Gasteiger partial charge in [-0.2, -0.15) is 0 Å². The molecule has 3 nitrogen and oxygen atoms in total. The fourth-order valence-electron chi connectivity index (χ4n) is 2.87. The summed E-state index contributed by atoms with van der Waals surface area (Å²) in [5.74, 6) is 0.931. The lowest BCUT2D eigenvalue weighted by Crippen LogP contribution is -2.49. The van der Waals surface area contributed by atoms with E-state index in [1.807, 2.05) is 42.2 Å². The molecule has 0 N–H and O–H groups in total. The van der Waals surface area contributed by atoms with Crippen LogP contribution >= 0.6 is 0 Å². The lowest BCUT2D eigenvalue weighted by atomic mass is 9.99. The minimum atomic E-state index is -0.357. The van der Waals surface area contributed by atoms with E-state index in [1.54, 1.807) is 0 Å². The molecule has 1 aliphatic heterocycles. The van der Waals surface area contributed by atoms with Crippen LogP contribution in [0.15, 0.2) is 30.3 Å². The smallest absolute Gasteiger partial charge is 0.263 e. The summed E-state index contributed by atoms with van der Waals surface area (Å²) in [4.78, 5) is 14.7. The SMILES string of the molecule is CC[C@H]1CCCCN1C(=O)[C@H](CC)Oc1ccccc1. The lowest BCUT2D eigenvalue weighted by molar-refractivity contribution is -0.142. The van der Waals surface area contributed by atoms with Gasteiger partial charge in [0, 0.05) is 12.6 Å². The number of rotatable bonds is 5. The Morgan fingerprint density at radius 2 is 2.05 bits per heavy atom. The first kappa shape index (κ1) is 14.9. The minimum absolute atomic E-state index is 0.155. The van der Waals surface area contributed by atoms with Crippen molar-refractivity contribution in [3.8, 4) is 5.75 Å². The number of nitrogens with zero attached hydrogens (tertiary/aromatic N) is 1. The first-order chi connectivity index (χ1) is 9.76. The Morgan fingerprint density at radius 1 is 1.30 bits per heavy atom. The summed E-state index contributed by atoms with van der Waals surface area (Å²) in [5.41, 5.74) is 0. The number of likely N-dealkylation sites (tertiary alicyclic amines) is 1. The van der Waals surface area contributed by atoms with E-state index < -0.39 is 0 Å². The summed E-state index contributed by atoms with van der Waals surface area (Å²) in [7, 11) is 0. The number of piperidine rings is 1. The molecular weight excluding hydrogens is 250 g/mol. The average Bonchev–Trinajstić information content (AvgIpc) is 2.53. The van der Waals surface area contributed by atoms with E-state index in [0.29, 0.717) is 12.5 Å². The van der Waals surface area contributed by atoms with Gasteiger partial charge in [0.05, 0.1) is 0 Å². The zero-order chi connectivity index (χ0) is 14.4. The van der Waals surface area contributed by atoms with Gasteiger partial charge < -0.3 is 9.64 Å². The minimum Gasteiger partial charge on any atom is -0.481 e. The van der Waals surface area contributed by atoms with Crippen molar-refractivity contribution in [2.45, 2.75) is 58.1 Å². The molecule has 1 amide bonds. The third-order valence-electron chi connectivity index (χ3n) is 4.05. The number of para-hydroxylation sites is 1. The maximum absolute atomic E-state index is 12.7. The van der Waals surface area contributed by atoms with Crippen molar-refractivity contribution >= 4 is 5.91 Å². The van der Waals surface area contributed by atoms with Gasteiger partial charge in [0.25, 0.3) is 5.91 Å². The monoisotopic (exact) mass is 275 g/mol. The molecule has 1 aromatic carbocycles. The summed E-state index contributed by atoms with van der Waals surface area (Å²) in [6, 6.07) is 10.0. The van der Waals surface area contributed by atoms with Crippen LogP contribution in [0.4, 0.5) is 0 Å². The normalized spacial score (nSPS) is 20.5. The molecule has 20 heavy (non-hydrogen) atoms. The number of benzene rings is 1. The summed E-state index contributed by atoms with van der Waals surface area (Å²) in [6.45, 7) is 5.05. The number of carbonyl (C=O) groups is 1. The van der Waals surface area contributed by atoms with Crippen molar-refractivity contribution in [1.29, 1.82) is 0 Å². The third-order valence-corrected chi connectivity index (χ3v) is 4.05. The van der Waals surface area contributed by atoms with Gasteiger partial charge in [-0.3, -0.25) is 4.79 Å². The Bertz CT molecular complexity index is 418. The van der Waals surface area contributed by atoms with Crippen LogP contribution in [0.1, 0.15) is 46.0 Å². The molecule has 0 radical (unpaired) electrons. The fraction of sp³-hybridized carbons (Fsp3) is 0.588. The molecule has 3 heteroatoms. The molecule has 2 rings (SSSR count). The highest BCUT2D eigenvalue weighted by Gasteiger charge is 2.30. The molecule has 0 unspecified atom stereocenters. The Morgan fingerprint density at radius 3 is 2.70 bits per heavy atom. The number of hydrogen-bond donors (Lipinski definition) is 0. The van der Waals surface area contributed by atoms with E-state index in [4.69, 9.17) is 4.74 Å². The summed E-state index contributed by atoms with van der Waals surface area (Å²) in [5, 5.41) is 0. The Kier molecular flexibility index (Phi) is 5.45. The van der Waals surface area contributed by atoms with E-state index in [9.17, 15) is 4.79 Å². The second-order valence-corrected chi connectivity index (χ2v) is 5.42. The van der Waals surface area contributed by atoms with E-state index in [-0.39, 0.29) is 12.0 Å². The highest BCUT2D eigenvalue weighted by atomic mass is 16.5. The zero-order valence-electron chi connectivity index (χ0n) is 12.5. The Labute approximate surface area is 121 Å². The van der Waals surface area contributed by atoms with Gasteiger partial charge in [-0.05, 0) is 44.2 Å². The van der Waals surface area contributed by atoms with Gasteiger partial charge in [0.2, 0.25) is 0 Å². The number of amides is 1. The Balaban J connectivity index is 2.04. The van der Waals surface area contributed by atoms with Gasteiger partial charge in [-0.1, -0.05) is 32.0 Å². The van der Waals surface area contributed by atoms with Crippen LogP contribution in [0.25, 0.3) is 0 Å². The van der Waals surface area contributed by atoms with Crippen molar-refractivity contribution in [2.75, 3.05) is 6.54 Å². The predicted molar refractivity (Wildman–Crippen MR) is 80.8 cm³/mol. The van der Waals surface area contributed by atoms with Crippen molar-refractivity contribution in [3.05, 3.63) is 30.3 Å². The maximum Gasteiger partial charge on any atom is 0.263 e. The molecule has 110 valence electrons. The van der Waals surface area contributed by atoms with Gasteiger partial charge in [0.1, 0.15) is 5.75 Å². The Hall–Kier alpha value is -1.51. The maximum atomic E-state index is 12.7. The van der Waals surface area contributed by atoms with Crippen LogP contribution in [0.2, 0.25) is 0 Å².